The first kappa shape index (κ1) is 8.92. The molecular weight excluding hydrogens is 114 g/mol. The molecule has 0 bridgehead atoms. The number of hydrogen-bond donors (Lipinski definition) is 1. The Morgan fingerprint density at radius 2 is 1.56 bits per heavy atom. The molecule has 56 valence electrons. The van der Waals surface area contributed by atoms with E-state index < -0.39 is 0 Å². The molecule has 0 spiro atoms. The van der Waals surface area contributed by atoms with Crippen molar-refractivity contribution in [2.45, 2.75) is 26.7 Å². The summed E-state index contributed by atoms with van der Waals surface area (Å²) < 4.78 is 0. The Bertz CT molecular complexity index is 73.0. The molecule has 9 heavy (non-hydrogen) atoms. The SMILES string of the molecule is CC1(C)CCNCC1.O. The van der Waals surface area contributed by atoms with Gasteiger partial charge < -0.3 is 10.8 Å². The third kappa shape index (κ3) is 2.82. The lowest BCUT2D eigenvalue weighted by Crippen LogP contribution is -2.32. The van der Waals surface area contributed by atoms with Crippen LogP contribution in [0.5, 0.6) is 0 Å². The molecule has 2 heteroatoms. The van der Waals surface area contributed by atoms with E-state index in [9.17, 15) is 0 Å². The summed E-state index contributed by atoms with van der Waals surface area (Å²) in [5, 5.41) is 3.34. The summed E-state index contributed by atoms with van der Waals surface area (Å²) in [5.74, 6) is 0. The fraction of sp³-hybridized carbons (Fsp3) is 1.00. The van der Waals surface area contributed by atoms with Gasteiger partial charge in [-0.1, -0.05) is 13.8 Å². The van der Waals surface area contributed by atoms with Crippen molar-refractivity contribution in [1.29, 1.82) is 0 Å². The standard InChI is InChI=1S/C7H15N.H2O/c1-7(2)3-5-8-6-4-7;/h8H,3-6H2,1-2H3;1H2. The average Bonchev–Trinajstić information content (AvgIpc) is 1.65. The minimum atomic E-state index is 0. The highest BCUT2D eigenvalue weighted by atomic mass is 16.0. The average molecular weight is 131 g/mol. The van der Waals surface area contributed by atoms with E-state index in [0.717, 1.165) is 0 Å². The van der Waals surface area contributed by atoms with Gasteiger partial charge in [-0.2, -0.15) is 0 Å². The Kier molecular flexibility index (Phi) is 3.15. The summed E-state index contributed by atoms with van der Waals surface area (Å²) in [6, 6.07) is 0. The summed E-state index contributed by atoms with van der Waals surface area (Å²) in [5.41, 5.74) is 0.616. The van der Waals surface area contributed by atoms with Crippen LogP contribution in [0, 0.1) is 5.41 Å². The molecule has 0 aromatic heterocycles. The molecule has 1 aliphatic heterocycles. The van der Waals surface area contributed by atoms with Crippen LogP contribution in [0.25, 0.3) is 0 Å². The van der Waals surface area contributed by atoms with Crippen LogP contribution in [0.2, 0.25) is 0 Å². The van der Waals surface area contributed by atoms with E-state index in [1.807, 2.05) is 0 Å². The second-order valence-electron chi connectivity index (χ2n) is 3.41. The molecule has 0 atom stereocenters. The third-order valence-corrected chi connectivity index (χ3v) is 1.96. The molecule has 2 nitrogen and oxygen atoms in total. The molecular formula is C7H17NO. The zero-order valence-electron chi connectivity index (χ0n) is 6.33. The van der Waals surface area contributed by atoms with E-state index >= 15 is 0 Å². The molecule has 1 aliphatic rings. The summed E-state index contributed by atoms with van der Waals surface area (Å²) in [6.45, 7) is 7.11. The predicted octanol–water partition coefficient (Wildman–Crippen LogP) is 0.571. The largest absolute Gasteiger partial charge is 0.412 e. The van der Waals surface area contributed by atoms with Crippen molar-refractivity contribution in [3.8, 4) is 0 Å². The van der Waals surface area contributed by atoms with Gasteiger partial charge in [-0.25, -0.2) is 0 Å². The number of piperidine rings is 1. The van der Waals surface area contributed by atoms with Crippen molar-refractivity contribution >= 4 is 0 Å². The van der Waals surface area contributed by atoms with E-state index in [2.05, 4.69) is 19.2 Å². The van der Waals surface area contributed by atoms with Gasteiger partial charge in [0.1, 0.15) is 0 Å². The minimum absolute atomic E-state index is 0. The molecule has 3 N–H and O–H groups in total. The van der Waals surface area contributed by atoms with Crippen LogP contribution >= 0.6 is 0 Å². The van der Waals surface area contributed by atoms with E-state index in [1.54, 1.807) is 0 Å². The zero-order valence-corrected chi connectivity index (χ0v) is 6.33. The quantitative estimate of drug-likeness (QED) is 0.513. The smallest absolute Gasteiger partial charge is 0.00438 e. The highest BCUT2D eigenvalue weighted by molar-refractivity contribution is 4.75. The highest BCUT2D eigenvalue weighted by Gasteiger charge is 2.19. The van der Waals surface area contributed by atoms with Crippen LogP contribution in [0.3, 0.4) is 0 Å². The Morgan fingerprint density at radius 3 is 1.78 bits per heavy atom. The fourth-order valence-corrected chi connectivity index (χ4v) is 1.10. The molecule has 1 rings (SSSR count). The van der Waals surface area contributed by atoms with E-state index in [4.69, 9.17) is 0 Å². The highest BCUT2D eigenvalue weighted by Crippen LogP contribution is 2.25. The number of rotatable bonds is 0. The number of nitrogens with one attached hydrogen (secondary N) is 1. The molecule has 0 radical (unpaired) electrons. The van der Waals surface area contributed by atoms with E-state index in [1.165, 1.54) is 25.9 Å². The zero-order chi connectivity index (χ0) is 6.04. The molecule has 1 saturated heterocycles. The van der Waals surface area contributed by atoms with Gasteiger partial charge in [0.2, 0.25) is 0 Å². The molecule has 0 unspecified atom stereocenters. The van der Waals surface area contributed by atoms with Crippen molar-refractivity contribution in [2.24, 2.45) is 5.41 Å². The van der Waals surface area contributed by atoms with Gasteiger partial charge in [-0.15, -0.1) is 0 Å². The van der Waals surface area contributed by atoms with Crippen LogP contribution in [0.4, 0.5) is 0 Å². The van der Waals surface area contributed by atoms with Crippen LogP contribution in [-0.4, -0.2) is 18.6 Å². The molecule has 0 aromatic carbocycles. The van der Waals surface area contributed by atoms with Crippen molar-refractivity contribution in [2.75, 3.05) is 13.1 Å². The summed E-state index contributed by atoms with van der Waals surface area (Å²) in [4.78, 5) is 0. The fourth-order valence-electron chi connectivity index (χ4n) is 1.10. The Morgan fingerprint density at radius 1 is 1.11 bits per heavy atom. The molecule has 1 fully saturated rings. The summed E-state index contributed by atoms with van der Waals surface area (Å²) in [6.07, 6.45) is 2.68. The molecule has 0 aromatic rings. The molecule has 0 aliphatic carbocycles. The maximum atomic E-state index is 3.34. The van der Waals surface area contributed by atoms with Gasteiger partial charge in [-0.3, -0.25) is 0 Å². The lowest BCUT2D eigenvalue weighted by molar-refractivity contribution is 0.259. The predicted molar refractivity (Wildman–Crippen MR) is 39.5 cm³/mol. The summed E-state index contributed by atoms with van der Waals surface area (Å²) >= 11 is 0. The second-order valence-corrected chi connectivity index (χ2v) is 3.41. The maximum Gasteiger partial charge on any atom is -0.00438 e. The van der Waals surface area contributed by atoms with Crippen molar-refractivity contribution < 1.29 is 5.48 Å². The minimum Gasteiger partial charge on any atom is -0.412 e. The van der Waals surface area contributed by atoms with Gasteiger partial charge in [0.05, 0.1) is 0 Å². The van der Waals surface area contributed by atoms with Crippen LogP contribution < -0.4 is 5.32 Å². The van der Waals surface area contributed by atoms with Gasteiger partial charge in [-0.05, 0) is 31.3 Å². The monoisotopic (exact) mass is 131 g/mol. The normalized spacial score (nSPS) is 24.7. The Balaban J connectivity index is 0.000000640. The van der Waals surface area contributed by atoms with Crippen LogP contribution in [-0.2, 0) is 0 Å². The van der Waals surface area contributed by atoms with E-state index in [0.29, 0.717) is 5.41 Å². The third-order valence-electron chi connectivity index (χ3n) is 1.96. The van der Waals surface area contributed by atoms with Gasteiger partial charge >= 0.3 is 0 Å². The molecule has 1 heterocycles. The van der Waals surface area contributed by atoms with Crippen molar-refractivity contribution in [3.05, 3.63) is 0 Å². The first-order valence-electron chi connectivity index (χ1n) is 3.41. The van der Waals surface area contributed by atoms with Crippen molar-refractivity contribution in [3.63, 3.8) is 0 Å². The van der Waals surface area contributed by atoms with Gasteiger partial charge in [0.25, 0.3) is 0 Å². The molecule has 0 amide bonds. The van der Waals surface area contributed by atoms with Gasteiger partial charge in [0.15, 0.2) is 0 Å². The summed E-state index contributed by atoms with van der Waals surface area (Å²) in [7, 11) is 0. The van der Waals surface area contributed by atoms with E-state index in [-0.39, 0.29) is 5.48 Å². The first-order chi connectivity index (χ1) is 3.71. The Labute approximate surface area is 57.0 Å². The first-order valence-corrected chi connectivity index (χ1v) is 3.41. The number of hydrogen-bond acceptors (Lipinski definition) is 1. The lowest BCUT2D eigenvalue weighted by Gasteiger charge is -2.29. The van der Waals surface area contributed by atoms with Crippen LogP contribution in [0.15, 0.2) is 0 Å². The lowest BCUT2D eigenvalue weighted by atomic mass is 9.83. The topological polar surface area (TPSA) is 43.5 Å². The Hall–Kier alpha value is -0.0800. The van der Waals surface area contributed by atoms with Crippen LogP contribution in [0.1, 0.15) is 26.7 Å². The van der Waals surface area contributed by atoms with Crippen molar-refractivity contribution in [1.82, 2.24) is 5.32 Å². The second kappa shape index (κ2) is 3.18. The van der Waals surface area contributed by atoms with Gasteiger partial charge in [0, 0.05) is 0 Å². The molecule has 0 saturated carbocycles. The maximum absolute atomic E-state index is 3.34.